The van der Waals surface area contributed by atoms with Crippen molar-refractivity contribution in [3.8, 4) is 0 Å². The minimum Gasteiger partial charge on any atom is -0.508 e. The molecule has 2 aliphatic carbocycles. The fourth-order valence-corrected chi connectivity index (χ4v) is 6.45. The van der Waals surface area contributed by atoms with E-state index < -0.39 is 68.5 Å². The largest absolute Gasteiger partial charge is 0.508 e. The van der Waals surface area contributed by atoms with E-state index in [0.29, 0.717) is 6.42 Å². The average Bonchev–Trinajstić information content (AvgIpc) is 2.85. The van der Waals surface area contributed by atoms with E-state index >= 15 is 0 Å². The van der Waals surface area contributed by atoms with E-state index in [-0.39, 0.29) is 30.1 Å². The molecule has 1 aromatic carbocycles. The first kappa shape index (κ1) is 28.9. The summed E-state index contributed by atoms with van der Waals surface area (Å²) >= 11 is 0. The van der Waals surface area contributed by atoms with E-state index in [9.17, 15) is 34.5 Å². The fourth-order valence-electron chi connectivity index (χ4n) is 6.45. The van der Waals surface area contributed by atoms with Gasteiger partial charge >= 0.3 is 0 Å². The van der Waals surface area contributed by atoms with Gasteiger partial charge in [-0.25, -0.2) is 0 Å². The zero-order chi connectivity index (χ0) is 29.3. The molecule has 0 spiro atoms. The Morgan fingerprint density at radius 1 is 0.974 bits per heavy atom. The molecule has 0 bridgehead atoms. The summed E-state index contributed by atoms with van der Waals surface area (Å²) < 4.78 is 5.97. The normalized spacial score (nSPS) is 31.7. The maximum Gasteiger partial charge on any atom is 0.254 e. The molecule has 1 aromatic rings. The highest BCUT2D eigenvalue weighted by molar-refractivity contribution is 6.24. The van der Waals surface area contributed by atoms with Crippen molar-refractivity contribution in [2.24, 2.45) is 28.6 Å². The van der Waals surface area contributed by atoms with Gasteiger partial charge in [0.25, 0.3) is 5.79 Å². The third kappa shape index (κ3) is 4.11. The first-order valence-corrected chi connectivity index (χ1v) is 13.4. The van der Waals surface area contributed by atoms with E-state index in [1.807, 2.05) is 44.2 Å². The Balaban J connectivity index is 1.88. The number of ether oxygens (including phenoxy) is 1. The van der Waals surface area contributed by atoms with Crippen LogP contribution in [-0.2, 0) is 30.3 Å². The summed E-state index contributed by atoms with van der Waals surface area (Å²) in [6.07, 6.45) is 0.411. The maximum atomic E-state index is 14.1. The third-order valence-electron chi connectivity index (χ3n) is 8.62. The second kappa shape index (κ2) is 9.24. The highest BCUT2D eigenvalue weighted by atomic mass is 16.6. The number of carbonyl (C=O) groups excluding carboxylic acids is 4. The predicted octanol–water partition coefficient (Wildman–Crippen LogP) is 3.79. The van der Waals surface area contributed by atoms with Gasteiger partial charge in [-0.15, -0.1) is 0 Å². The Morgan fingerprint density at radius 3 is 2.13 bits per heavy atom. The van der Waals surface area contributed by atoms with Crippen LogP contribution in [0.4, 0.5) is 0 Å². The van der Waals surface area contributed by atoms with Crippen molar-refractivity contribution in [3.05, 3.63) is 58.6 Å². The van der Waals surface area contributed by atoms with Crippen LogP contribution in [0.5, 0.6) is 0 Å². The summed E-state index contributed by atoms with van der Waals surface area (Å²) in [5.74, 6) is -8.95. The Hall–Kier alpha value is -3.10. The summed E-state index contributed by atoms with van der Waals surface area (Å²) in [4.78, 5) is 54.7. The standard InChI is InChI=1S/C31H38O8/c1-16(2)15-18-20-24(34)28(3,4)27(36)29(5,6)26(20)39-31(38)22(18)23(33)21(25(35)30(31,7)37)19(32)14-13-17-11-9-8-10-12-17/h8-12,16,18,22,35,37-38H,13-15H2,1-7H3. The van der Waals surface area contributed by atoms with E-state index in [0.717, 1.165) is 12.5 Å². The van der Waals surface area contributed by atoms with Crippen LogP contribution in [0.15, 0.2) is 53.0 Å². The second-order valence-electron chi connectivity index (χ2n) is 12.7. The second-order valence-corrected chi connectivity index (χ2v) is 12.7. The summed E-state index contributed by atoms with van der Waals surface area (Å²) in [6, 6.07) is 9.15. The molecule has 4 unspecified atom stereocenters. The van der Waals surface area contributed by atoms with Gasteiger partial charge in [-0.2, -0.15) is 0 Å². The highest BCUT2D eigenvalue weighted by Gasteiger charge is 2.71. The summed E-state index contributed by atoms with van der Waals surface area (Å²) in [7, 11) is 0. The van der Waals surface area contributed by atoms with E-state index in [4.69, 9.17) is 4.74 Å². The van der Waals surface area contributed by atoms with Crippen LogP contribution in [0.1, 0.15) is 66.9 Å². The molecule has 8 nitrogen and oxygen atoms in total. The number of fused-ring (bicyclic) bond motifs is 1. The number of benzene rings is 1. The lowest BCUT2D eigenvalue weighted by atomic mass is 9.55. The number of allylic oxidation sites excluding steroid dienone is 3. The lowest BCUT2D eigenvalue weighted by Gasteiger charge is -2.56. The zero-order valence-electron chi connectivity index (χ0n) is 23.6. The van der Waals surface area contributed by atoms with Crippen LogP contribution in [0.2, 0.25) is 0 Å². The van der Waals surface area contributed by atoms with Crippen LogP contribution in [-0.4, -0.2) is 49.8 Å². The van der Waals surface area contributed by atoms with Gasteiger partial charge in [-0.05, 0) is 58.9 Å². The number of ketones is 4. The molecule has 4 rings (SSSR count). The minimum atomic E-state index is -2.73. The van der Waals surface area contributed by atoms with Gasteiger partial charge in [-0.1, -0.05) is 44.2 Å². The highest BCUT2D eigenvalue weighted by Crippen LogP contribution is 2.59. The quantitative estimate of drug-likeness (QED) is 0.367. The van der Waals surface area contributed by atoms with Crippen molar-refractivity contribution >= 4 is 23.1 Å². The predicted molar refractivity (Wildman–Crippen MR) is 142 cm³/mol. The molecule has 3 aliphatic rings. The molecule has 0 radical (unpaired) electrons. The molecule has 210 valence electrons. The van der Waals surface area contributed by atoms with Crippen LogP contribution in [0.25, 0.3) is 0 Å². The van der Waals surface area contributed by atoms with Crippen LogP contribution in [0.3, 0.4) is 0 Å². The zero-order valence-corrected chi connectivity index (χ0v) is 23.6. The number of hydrogen-bond donors (Lipinski definition) is 3. The first-order valence-electron chi connectivity index (χ1n) is 13.4. The smallest absolute Gasteiger partial charge is 0.254 e. The number of aliphatic hydroxyl groups is 3. The fraction of sp³-hybridized carbons (Fsp3) is 0.548. The Bertz CT molecular complexity index is 1310. The molecule has 1 aliphatic heterocycles. The topological polar surface area (TPSA) is 138 Å². The number of rotatable bonds is 6. The molecule has 0 amide bonds. The van der Waals surface area contributed by atoms with Crippen LogP contribution >= 0.6 is 0 Å². The molecule has 0 aromatic heterocycles. The van der Waals surface area contributed by atoms with E-state index in [2.05, 4.69) is 0 Å². The Labute approximate surface area is 228 Å². The lowest BCUT2D eigenvalue weighted by molar-refractivity contribution is -0.315. The SMILES string of the molecule is CC(C)CC1C2=C(OC3(O)C1C(=O)C(C(=O)CCc1ccccc1)=C(O)C3(C)O)C(C)(C)C(=O)C(C)(C)C2=O. The number of hydrogen-bond acceptors (Lipinski definition) is 8. The number of aliphatic hydroxyl groups excluding tert-OH is 1. The molecule has 1 heterocycles. The molecule has 0 saturated heterocycles. The minimum absolute atomic E-state index is 0.0720. The summed E-state index contributed by atoms with van der Waals surface area (Å²) in [5, 5.41) is 34.7. The molecule has 0 fully saturated rings. The van der Waals surface area contributed by atoms with Gasteiger partial charge in [0.05, 0.1) is 16.7 Å². The summed E-state index contributed by atoms with van der Waals surface area (Å²) in [5.41, 5.74) is -4.99. The van der Waals surface area contributed by atoms with Gasteiger partial charge in [0, 0.05) is 17.9 Å². The number of aryl methyl sites for hydroxylation is 1. The van der Waals surface area contributed by atoms with Crippen molar-refractivity contribution < 1.29 is 39.2 Å². The van der Waals surface area contributed by atoms with Crippen molar-refractivity contribution in [2.45, 2.75) is 79.1 Å². The number of Topliss-reactive ketones (excluding diaryl/α,β-unsaturated/α-hetero) is 4. The molecule has 39 heavy (non-hydrogen) atoms. The van der Waals surface area contributed by atoms with Gasteiger partial charge < -0.3 is 20.1 Å². The molecule has 8 heteroatoms. The third-order valence-corrected chi connectivity index (χ3v) is 8.62. The van der Waals surface area contributed by atoms with Crippen molar-refractivity contribution in [1.82, 2.24) is 0 Å². The molecular formula is C31H38O8. The van der Waals surface area contributed by atoms with Gasteiger partial charge in [-0.3, -0.25) is 19.2 Å². The van der Waals surface area contributed by atoms with Gasteiger partial charge in [0.1, 0.15) is 17.1 Å². The van der Waals surface area contributed by atoms with Crippen LogP contribution < -0.4 is 0 Å². The Morgan fingerprint density at radius 2 is 1.56 bits per heavy atom. The number of carbonyl (C=O) groups is 4. The lowest BCUT2D eigenvalue weighted by Crippen LogP contribution is -2.70. The first-order chi connectivity index (χ1) is 17.9. The van der Waals surface area contributed by atoms with E-state index in [1.54, 1.807) is 13.8 Å². The molecule has 3 N–H and O–H groups in total. The van der Waals surface area contributed by atoms with Crippen LogP contribution in [0, 0.1) is 28.6 Å². The van der Waals surface area contributed by atoms with Crippen molar-refractivity contribution in [1.29, 1.82) is 0 Å². The monoisotopic (exact) mass is 538 g/mol. The molecular weight excluding hydrogens is 500 g/mol. The maximum absolute atomic E-state index is 14.1. The van der Waals surface area contributed by atoms with Crippen molar-refractivity contribution in [3.63, 3.8) is 0 Å². The molecule has 4 atom stereocenters. The molecule has 0 saturated carbocycles. The summed E-state index contributed by atoms with van der Waals surface area (Å²) in [6.45, 7) is 11.0. The Kier molecular flexibility index (Phi) is 6.84. The van der Waals surface area contributed by atoms with Crippen molar-refractivity contribution in [2.75, 3.05) is 0 Å². The van der Waals surface area contributed by atoms with Gasteiger partial charge in [0.15, 0.2) is 28.7 Å². The average molecular weight is 539 g/mol. The van der Waals surface area contributed by atoms with Gasteiger partial charge in [0.2, 0.25) is 0 Å². The van der Waals surface area contributed by atoms with E-state index in [1.165, 1.54) is 13.8 Å².